The van der Waals surface area contributed by atoms with Crippen molar-refractivity contribution >= 4 is 27.8 Å². The lowest BCUT2D eigenvalue weighted by Crippen LogP contribution is -1.76. The Hall–Kier alpha value is -1.71. The van der Waals surface area contributed by atoms with Crippen LogP contribution in [0.4, 0.5) is 5.82 Å². The highest BCUT2D eigenvalue weighted by Gasteiger charge is 2.14. The lowest BCUT2D eigenvalue weighted by molar-refractivity contribution is 0.434. The van der Waals surface area contributed by atoms with Crippen LogP contribution in [0, 0.1) is 6.92 Å². The van der Waals surface area contributed by atoms with Crippen LogP contribution in [0.3, 0.4) is 0 Å². The van der Waals surface area contributed by atoms with E-state index in [1.807, 2.05) is 31.2 Å². The average molecular weight is 279 g/mol. The molecule has 0 unspecified atom stereocenters. The van der Waals surface area contributed by atoms with E-state index in [-0.39, 0.29) is 5.82 Å². The molecular weight excluding hydrogens is 272 g/mol. The summed E-state index contributed by atoms with van der Waals surface area (Å²) in [5.41, 5.74) is 2.03. The highest BCUT2D eigenvalue weighted by Crippen LogP contribution is 2.35. The minimum atomic E-state index is 0.200. The minimum Gasteiger partial charge on any atom is -0.353 e. The highest BCUT2D eigenvalue weighted by atomic mass is 79.9. The van der Waals surface area contributed by atoms with Gasteiger partial charge in [0.2, 0.25) is 11.9 Å². The first-order valence-corrected chi connectivity index (χ1v) is 5.31. The molecule has 1 aromatic carbocycles. The van der Waals surface area contributed by atoms with Crippen LogP contribution >= 0.6 is 15.9 Å². The van der Waals surface area contributed by atoms with Gasteiger partial charge in [-0.1, -0.05) is 35.0 Å². The van der Waals surface area contributed by atoms with Gasteiger partial charge < -0.3 is 4.52 Å². The summed E-state index contributed by atoms with van der Waals surface area (Å²) in [7, 11) is 0. The molecule has 0 amide bonds. The molecule has 80 valence electrons. The largest absolute Gasteiger partial charge is 0.353 e. The quantitative estimate of drug-likeness (QED) is 0.625. The first-order valence-electron chi connectivity index (χ1n) is 4.52. The Balaban J connectivity index is 2.48. The topological polar surface area (TPSA) is 55.5 Å². The van der Waals surface area contributed by atoms with Gasteiger partial charge in [0.1, 0.15) is 4.47 Å². The molecule has 0 N–H and O–H groups in total. The van der Waals surface area contributed by atoms with Gasteiger partial charge in [0.25, 0.3) is 0 Å². The average Bonchev–Trinajstić information content (AvgIpc) is 2.63. The Morgan fingerprint density at radius 1 is 1.38 bits per heavy atom. The predicted molar refractivity (Wildman–Crippen MR) is 62.2 cm³/mol. The van der Waals surface area contributed by atoms with E-state index in [0.717, 1.165) is 11.1 Å². The van der Waals surface area contributed by atoms with Gasteiger partial charge in [-0.3, -0.25) is 0 Å². The van der Waals surface area contributed by atoms with Crippen LogP contribution in [0.1, 0.15) is 5.56 Å². The van der Waals surface area contributed by atoms with Crippen molar-refractivity contribution in [2.24, 2.45) is 4.99 Å². The Morgan fingerprint density at radius 2 is 2.06 bits per heavy atom. The molecule has 0 saturated carbocycles. The fraction of sp³-hybridized carbons (Fsp3) is 0.0909. The summed E-state index contributed by atoms with van der Waals surface area (Å²) < 4.78 is 5.66. The molecule has 1 heterocycles. The lowest BCUT2D eigenvalue weighted by atomic mass is 10.1. The summed E-state index contributed by atoms with van der Waals surface area (Å²) in [5.74, 6) is 0.750. The first kappa shape index (κ1) is 10.8. The SMILES string of the molecule is Cc1ccc(-c2onc(N=C=O)c2Br)cc1. The van der Waals surface area contributed by atoms with Crippen LogP contribution < -0.4 is 0 Å². The van der Waals surface area contributed by atoms with E-state index < -0.39 is 0 Å². The Labute approximate surface area is 100 Å². The Bertz CT molecular complexity index is 554. The molecule has 4 nitrogen and oxygen atoms in total. The van der Waals surface area contributed by atoms with Crippen LogP contribution in [0.25, 0.3) is 11.3 Å². The molecule has 16 heavy (non-hydrogen) atoms. The summed E-state index contributed by atoms with van der Waals surface area (Å²) >= 11 is 3.28. The maximum atomic E-state index is 10.1. The minimum absolute atomic E-state index is 0.200. The zero-order valence-electron chi connectivity index (χ0n) is 8.40. The summed E-state index contributed by atoms with van der Waals surface area (Å²) in [6.45, 7) is 2.00. The van der Waals surface area contributed by atoms with Gasteiger partial charge in [-0.2, -0.15) is 0 Å². The van der Waals surface area contributed by atoms with E-state index in [0.29, 0.717) is 10.2 Å². The van der Waals surface area contributed by atoms with Gasteiger partial charge in [0.05, 0.1) is 0 Å². The monoisotopic (exact) mass is 278 g/mol. The number of carbonyl (C=O) groups excluding carboxylic acids is 1. The molecule has 2 aromatic rings. The fourth-order valence-electron chi connectivity index (χ4n) is 1.27. The van der Waals surface area contributed by atoms with Crippen molar-refractivity contribution in [2.45, 2.75) is 6.92 Å². The summed E-state index contributed by atoms with van der Waals surface area (Å²) in [6.07, 6.45) is 1.42. The second kappa shape index (κ2) is 4.43. The van der Waals surface area contributed by atoms with Crippen LogP contribution in [-0.2, 0) is 4.79 Å². The third-order valence-corrected chi connectivity index (χ3v) is 2.80. The molecule has 0 aliphatic heterocycles. The number of hydrogen-bond acceptors (Lipinski definition) is 4. The standard InChI is InChI=1S/C11H7BrN2O2/c1-7-2-4-8(5-3-7)10-9(12)11(13-6-15)14-16-10/h2-5H,1H3. The molecule has 1 aromatic heterocycles. The molecule has 0 aliphatic carbocycles. The normalized spacial score (nSPS) is 9.88. The van der Waals surface area contributed by atoms with E-state index in [1.165, 1.54) is 6.08 Å². The summed E-state index contributed by atoms with van der Waals surface area (Å²) in [6, 6.07) is 7.75. The van der Waals surface area contributed by atoms with Crippen LogP contribution in [0.2, 0.25) is 0 Å². The number of halogens is 1. The first-order chi connectivity index (χ1) is 7.72. The highest BCUT2D eigenvalue weighted by molar-refractivity contribution is 9.10. The van der Waals surface area contributed by atoms with E-state index >= 15 is 0 Å². The Morgan fingerprint density at radius 3 is 2.69 bits per heavy atom. The molecule has 0 aliphatic rings. The van der Waals surface area contributed by atoms with Crippen LogP contribution in [0.15, 0.2) is 38.3 Å². The van der Waals surface area contributed by atoms with Crippen molar-refractivity contribution in [2.75, 3.05) is 0 Å². The van der Waals surface area contributed by atoms with Crippen molar-refractivity contribution in [3.8, 4) is 11.3 Å². The van der Waals surface area contributed by atoms with Gasteiger partial charge >= 0.3 is 0 Å². The van der Waals surface area contributed by atoms with Gasteiger partial charge in [0.15, 0.2) is 5.76 Å². The summed E-state index contributed by atoms with van der Waals surface area (Å²) in [4.78, 5) is 13.5. The predicted octanol–water partition coefficient (Wildman–Crippen LogP) is 3.38. The molecule has 0 spiro atoms. The van der Waals surface area contributed by atoms with Gasteiger partial charge in [0, 0.05) is 5.56 Å². The van der Waals surface area contributed by atoms with Crippen molar-refractivity contribution in [1.82, 2.24) is 5.16 Å². The number of rotatable bonds is 2. The molecule has 0 fully saturated rings. The number of aromatic nitrogens is 1. The van der Waals surface area contributed by atoms with Crippen LogP contribution in [0.5, 0.6) is 0 Å². The number of aryl methyl sites for hydroxylation is 1. The van der Waals surface area contributed by atoms with Crippen molar-refractivity contribution < 1.29 is 9.32 Å². The van der Waals surface area contributed by atoms with Gasteiger partial charge in [-0.05, 0) is 22.9 Å². The fourth-order valence-corrected chi connectivity index (χ4v) is 1.73. The lowest BCUT2D eigenvalue weighted by Gasteiger charge is -1.96. The number of hydrogen-bond donors (Lipinski definition) is 0. The Kier molecular flexibility index (Phi) is 2.99. The second-order valence-electron chi connectivity index (χ2n) is 3.22. The van der Waals surface area contributed by atoms with Crippen LogP contribution in [-0.4, -0.2) is 11.2 Å². The smallest absolute Gasteiger partial charge is 0.242 e. The molecule has 0 saturated heterocycles. The van der Waals surface area contributed by atoms with E-state index in [1.54, 1.807) is 0 Å². The van der Waals surface area contributed by atoms with Crippen molar-refractivity contribution in [1.29, 1.82) is 0 Å². The maximum absolute atomic E-state index is 10.1. The number of aliphatic imine (C=N–C) groups is 1. The molecule has 0 atom stereocenters. The van der Waals surface area contributed by atoms with Crippen molar-refractivity contribution in [3.63, 3.8) is 0 Å². The molecular formula is C11H7BrN2O2. The molecule has 2 rings (SSSR count). The van der Waals surface area contributed by atoms with Gasteiger partial charge in [-0.15, -0.1) is 4.99 Å². The zero-order valence-corrected chi connectivity index (χ0v) is 9.98. The second-order valence-corrected chi connectivity index (χ2v) is 4.01. The summed E-state index contributed by atoms with van der Waals surface area (Å²) in [5, 5.41) is 3.65. The number of nitrogens with zero attached hydrogens (tertiary/aromatic N) is 2. The molecule has 0 bridgehead atoms. The van der Waals surface area contributed by atoms with E-state index in [4.69, 9.17) is 4.52 Å². The zero-order chi connectivity index (χ0) is 11.5. The maximum Gasteiger partial charge on any atom is 0.242 e. The third kappa shape index (κ3) is 1.96. The molecule has 0 radical (unpaired) electrons. The van der Waals surface area contributed by atoms with Gasteiger partial charge in [-0.25, -0.2) is 4.79 Å². The number of isocyanates is 1. The number of benzene rings is 1. The van der Waals surface area contributed by atoms with Crippen molar-refractivity contribution in [3.05, 3.63) is 34.3 Å². The third-order valence-electron chi connectivity index (χ3n) is 2.08. The molecule has 5 heteroatoms. The van der Waals surface area contributed by atoms with E-state index in [2.05, 4.69) is 26.1 Å². The van der Waals surface area contributed by atoms with E-state index in [9.17, 15) is 4.79 Å².